The molecule has 2 aromatic rings. The highest BCUT2D eigenvalue weighted by Gasteiger charge is 2.30. The predicted molar refractivity (Wildman–Crippen MR) is 315 cm³/mol. The SMILES string of the molecule is CN1CCN(C)CC(Cc2ccc(CC(=S)CCCCCCC(=O)N[C@@H](Cc3ccc(F)cc3)C(=O)C[C@@H](CCC(=O)O)C(=O)NCCCC[C@H](NC(=O)NCCCC(=O)O)C(=O)O)cc2)N(CC(=O)O)CCN(CC(=O)O)CC1.O=C=O.O=C=O.O=C=O. The predicted octanol–water partition coefficient (Wildman–Crippen LogP) is 1.96. The van der Waals surface area contributed by atoms with Gasteiger partial charge in [0, 0.05) is 103 Å². The smallest absolute Gasteiger partial charge is 0.373 e. The molecular formula is C59H83FN8O20S. The summed E-state index contributed by atoms with van der Waals surface area (Å²) in [6.45, 7) is 4.10. The number of Topliss-reactive ketones (excluding diaryl/α,β-unsaturated/α-hetero) is 1. The monoisotopic (exact) mass is 1270 g/mol. The van der Waals surface area contributed by atoms with Crippen molar-refractivity contribution in [2.24, 2.45) is 5.92 Å². The van der Waals surface area contributed by atoms with Crippen LogP contribution in [0.15, 0.2) is 48.5 Å². The van der Waals surface area contributed by atoms with Crippen LogP contribution in [0.3, 0.4) is 0 Å². The molecule has 2 aromatic carbocycles. The van der Waals surface area contributed by atoms with Crippen molar-refractivity contribution in [2.75, 3.05) is 86.1 Å². The topological polar surface area (TPSA) is 418 Å². The van der Waals surface area contributed by atoms with Crippen LogP contribution in [-0.4, -0.2) is 226 Å². The van der Waals surface area contributed by atoms with Gasteiger partial charge in [0.1, 0.15) is 11.9 Å². The Bertz CT molecular complexity index is 2610. The molecule has 0 spiro atoms. The molecule has 30 heteroatoms. The maximum absolute atomic E-state index is 13.9. The number of urea groups is 1. The zero-order valence-corrected chi connectivity index (χ0v) is 51.0. The molecule has 0 aliphatic carbocycles. The number of unbranched alkanes of at least 4 members (excludes halogenated alkanes) is 4. The van der Waals surface area contributed by atoms with Gasteiger partial charge in [0.15, 0.2) is 5.78 Å². The van der Waals surface area contributed by atoms with Gasteiger partial charge >= 0.3 is 54.3 Å². The van der Waals surface area contributed by atoms with Gasteiger partial charge < -0.3 is 56.6 Å². The van der Waals surface area contributed by atoms with Gasteiger partial charge in [0.2, 0.25) is 11.8 Å². The van der Waals surface area contributed by atoms with Crippen molar-refractivity contribution in [3.63, 3.8) is 0 Å². The van der Waals surface area contributed by atoms with Crippen LogP contribution in [0.4, 0.5) is 9.18 Å². The third kappa shape index (κ3) is 41.5. The Labute approximate surface area is 520 Å². The summed E-state index contributed by atoms with van der Waals surface area (Å²) < 4.78 is 13.8. The molecule has 1 unspecified atom stereocenters. The Morgan fingerprint density at radius 2 is 1.11 bits per heavy atom. The molecule has 1 saturated heterocycles. The average Bonchev–Trinajstić information content (AvgIpc) is 3.54. The van der Waals surface area contributed by atoms with Crippen LogP contribution >= 0.6 is 12.2 Å². The molecule has 4 atom stereocenters. The first-order valence-corrected chi connectivity index (χ1v) is 29.1. The number of aliphatic carboxylic acids is 5. The Morgan fingerprint density at radius 1 is 0.573 bits per heavy atom. The maximum Gasteiger partial charge on any atom is 0.373 e. The zero-order chi connectivity index (χ0) is 67.1. The van der Waals surface area contributed by atoms with Crippen LogP contribution in [0.2, 0.25) is 0 Å². The third-order valence-electron chi connectivity index (χ3n) is 13.9. The number of carboxylic acids is 5. The van der Waals surface area contributed by atoms with Crippen molar-refractivity contribution in [1.82, 2.24) is 40.9 Å². The van der Waals surface area contributed by atoms with Crippen LogP contribution in [0.25, 0.3) is 0 Å². The number of thiocarbonyl (C=S) groups is 1. The molecule has 3 rings (SSSR count). The van der Waals surface area contributed by atoms with E-state index in [-0.39, 0.29) is 102 Å². The Morgan fingerprint density at radius 3 is 1.70 bits per heavy atom. The molecule has 0 aromatic heterocycles. The molecule has 1 heterocycles. The minimum atomic E-state index is -1.29. The van der Waals surface area contributed by atoms with E-state index in [0.29, 0.717) is 70.4 Å². The van der Waals surface area contributed by atoms with Gasteiger partial charge in [-0.05, 0) is 112 Å². The van der Waals surface area contributed by atoms with Gasteiger partial charge in [-0.1, -0.05) is 61.5 Å². The normalized spacial score (nSPS) is 14.8. The second kappa shape index (κ2) is 48.7. The number of likely N-dealkylation sites (N-methyl/N-ethyl adjacent to an activating group) is 2. The van der Waals surface area contributed by atoms with E-state index in [9.17, 15) is 68.0 Å². The molecule has 0 radical (unpaired) electrons. The summed E-state index contributed by atoms with van der Waals surface area (Å²) in [5, 5.41) is 57.3. The van der Waals surface area contributed by atoms with E-state index >= 15 is 0 Å². The number of benzene rings is 2. The first-order chi connectivity index (χ1) is 42.3. The molecule has 28 nitrogen and oxygen atoms in total. The lowest BCUT2D eigenvalue weighted by molar-refractivity contribution is -0.193. The molecule has 492 valence electrons. The Kier molecular flexibility index (Phi) is 44.1. The highest BCUT2D eigenvalue weighted by atomic mass is 32.1. The van der Waals surface area contributed by atoms with Crippen molar-refractivity contribution in [3.05, 3.63) is 71.0 Å². The molecule has 1 aliphatic heterocycles. The van der Waals surface area contributed by atoms with Crippen molar-refractivity contribution in [3.8, 4) is 0 Å². The number of carbonyl (C=O) groups excluding carboxylic acids is 10. The van der Waals surface area contributed by atoms with Crippen LogP contribution in [-0.2, 0) is 86.4 Å². The lowest BCUT2D eigenvalue weighted by atomic mass is 9.91. The first-order valence-electron chi connectivity index (χ1n) is 28.7. The quantitative estimate of drug-likeness (QED) is 0.0348. The van der Waals surface area contributed by atoms with Gasteiger partial charge in [0.25, 0.3) is 0 Å². The third-order valence-corrected chi connectivity index (χ3v) is 14.2. The largest absolute Gasteiger partial charge is 0.481 e. The lowest BCUT2D eigenvalue weighted by Gasteiger charge is -2.36. The molecule has 0 bridgehead atoms. The van der Waals surface area contributed by atoms with Crippen molar-refractivity contribution in [1.29, 1.82) is 0 Å². The summed E-state index contributed by atoms with van der Waals surface area (Å²) >= 11 is 5.76. The summed E-state index contributed by atoms with van der Waals surface area (Å²) in [4.78, 5) is 168. The molecule has 1 fully saturated rings. The first kappa shape index (κ1) is 80.7. The number of carbonyl (C=O) groups is 9. The van der Waals surface area contributed by atoms with Crippen LogP contribution in [0.1, 0.15) is 107 Å². The van der Waals surface area contributed by atoms with E-state index in [2.05, 4.69) is 31.1 Å². The van der Waals surface area contributed by atoms with Crippen molar-refractivity contribution >= 4 is 89.0 Å². The number of halogens is 1. The number of ketones is 1. The van der Waals surface area contributed by atoms with E-state index in [1.807, 2.05) is 48.2 Å². The molecule has 1 aliphatic rings. The minimum absolute atomic E-state index is 0.00431. The molecule has 89 heavy (non-hydrogen) atoms. The van der Waals surface area contributed by atoms with Crippen LogP contribution in [0, 0.1) is 11.7 Å². The highest BCUT2D eigenvalue weighted by Crippen LogP contribution is 2.19. The maximum atomic E-state index is 13.9. The number of nitrogens with one attached hydrogen (secondary N) is 4. The van der Waals surface area contributed by atoms with E-state index in [1.54, 1.807) is 0 Å². The Balaban J connectivity index is 0.00000808. The average molecular weight is 1280 g/mol. The molecule has 9 N–H and O–H groups in total. The van der Waals surface area contributed by atoms with Crippen LogP contribution < -0.4 is 21.3 Å². The number of nitrogens with zero attached hydrogens (tertiary/aromatic N) is 4. The van der Waals surface area contributed by atoms with Crippen molar-refractivity contribution < 1.29 is 102 Å². The minimum Gasteiger partial charge on any atom is -0.481 e. The van der Waals surface area contributed by atoms with Gasteiger partial charge in [-0.15, -0.1) is 0 Å². The lowest BCUT2D eigenvalue weighted by Crippen LogP contribution is -2.51. The van der Waals surface area contributed by atoms with E-state index < -0.39 is 90.1 Å². The van der Waals surface area contributed by atoms with Crippen LogP contribution in [0.5, 0.6) is 0 Å². The van der Waals surface area contributed by atoms with Gasteiger partial charge in [0.05, 0.1) is 19.1 Å². The summed E-state index contributed by atoms with van der Waals surface area (Å²) in [6, 6.07) is 10.3. The fourth-order valence-corrected chi connectivity index (χ4v) is 9.59. The summed E-state index contributed by atoms with van der Waals surface area (Å²) in [7, 11) is 4.05. The fraction of sp³-hybridized carbons (Fsp3) is 0.576. The second-order valence-corrected chi connectivity index (χ2v) is 21.6. The number of hydrogen-bond acceptors (Lipinski definition) is 20. The standard InChI is InChI=1S/C56H83FN8O14S.3CO2/c1-62-26-27-63(2)36-44(65(38-53(74)75)31-30-64(29-28-62)37-52(72)73)32-39-14-16-40(17-15-39)33-45(80)10-5-3-4-6-12-49(67)60-47(34-41-18-21-43(57)22-19-41)48(66)35-42(20-23-51(70)71)54(76)58-24-8-7-11-46(55(77)78)61-56(79)59-25-9-13-50(68)69;3*2-1-3/h14-19,21-22,42,44,46-47H,3-13,20,23-38H2,1-2H3,(H,58,76)(H,60,67)(H,68,69)(H,70,71)(H,72,73)(H,74,75)(H,77,78)(H2,59,61,79);;;/t42-,44?,46+,47+;;;/m1.../s1. The summed E-state index contributed by atoms with van der Waals surface area (Å²) in [5.74, 6) is -8.47. The van der Waals surface area contributed by atoms with Gasteiger partial charge in [-0.3, -0.25) is 43.4 Å². The second-order valence-electron chi connectivity index (χ2n) is 21.0. The number of carboxylic acid groups (broad SMARTS) is 5. The van der Waals surface area contributed by atoms with E-state index in [1.165, 1.54) is 24.3 Å². The highest BCUT2D eigenvalue weighted by molar-refractivity contribution is 7.80. The number of amides is 4. The number of rotatable bonds is 36. The van der Waals surface area contributed by atoms with Gasteiger partial charge in [-0.25, -0.2) is 14.0 Å². The molecule has 0 saturated carbocycles. The number of hydrogen-bond donors (Lipinski definition) is 9. The molecular weight excluding hydrogens is 1190 g/mol. The summed E-state index contributed by atoms with van der Waals surface area (Å²) in [5.41, 5.74) is 2.64. The fourth-order valence-electron chi connectivity index (χ4n) is 9.28. The summed E-state index contributed by atoms with van der Waals surface area (Å²) in [6.07, 6.45) is 5.11. The Hall–Kier alpha value is -8.33. The van der Waals surface area contributed by atoms with Crippen molar-refractivity contribution in [2.45, 2.75) is 127 Å². The zero-order valence-electron chi connectivity index (χ0n) is 50.2. The van der Waals surface area contributed by atoms with E-state index in [0.717, 1.165) is 41.9 Å². The van der Waals surface area contributed by atoms with E-state index in [4.69, 9.17) is 46.1 Å². The molecule has 4 amide bonds. The van der Waals surface area contributed by atoms with Gasteiger partial charge in [-0.2, -0.15) is 28.8 Å².